The topological polar surface area (TPSA) is 21.7 Å². The van der Waals surface area contributed by atoms with E-state index in [1.807, 2.05) is 0 Å². The number of hydrogen-bond donors (Lipinski definition) is 0. The van der Waals surface area contributed by atoms with Gasteiger partial charge in [-0.25, -0.2) is 0 Å². The Kier molecular flexibility index (Phi) is 2.81. The number of benzene rings is 1. The van der Waals surface area contributed by atoms with Crippen molar-refractivity contribution < 1.29 is 22.6 Å². The lowest BCUT2D eigenvalue weighted by Crippen LogP contribution is -2.31. The monoisotopic (exact) mass is 247 g/mol. The molecule has 6 heteroatoms. The van der Waals surface area contributed by atoms with E-state index in [0.29, 0.717) is 17.2 Å². The molecule has 94 valence electrons. The van der Waals surface area contributed by atoms with E-state index in [-0.39, 0.29) is 6.79 Å². The lowest BCUT2D eigenvalue weighted by molar-refractivity contribution is -0.119. The summed E-state index contributed by atoms with van der Waals surface area (Å²) >= 11 is 0. The van der Waals surface area contributed by atoms with Crippen LogP contribution in [0.5, 0.6) is 11.5 Å². The highest BCUT2D eigenvalue weighted by Crippen LogP contribution is 2.38. The van der Waals surface area contributed by atoms with Crippen molar-refractivity contribution in [3.63, 3.8) is 0 Å². The predicted octanol–water partition coefficient (Wildman–Crippen LogP) is 2.72. The van der Waals surface area contributed by atoms with Crippen molar-refractivity contribution in [1.82, 2.24) is 0 Å². The average Bonchev–Trinajstić information content (AvgIpc) is 2.60. The smallest absolute Gasteiger partial charge is 0.405 e. The minimum atomic E-state index is -4.22. The molecule has 2 rings (SSSR count). The second-order valence-electron chi connectivity index (χ2n) is 3.96. The van der Waals surface area contributed by atoms with Crippen molar-refractivity contribution in [2.24, 2.45) is 0 Å². The average molecular weight is 247 g/mol. The van der Waals surface area contributed by atoms with Gasteiger partial charge in [-0.2, -0.15) is 13.2 Å². The van der Waals surface area contributed by atoms with E-state index in [9.17, 15) is 13.2 Å². The van der Waals surface area contributed by atoms with Gasteiger partial charge in [-0.3, -0.25) is 0 Å². The molecule has 0 saturated carbocycles. The molecule has 1 aromatic rings. The molecule has 0 N–H and O–H groups in total. The number of hydrogen-bond acceptors (Lipinski definition) is 3. The van der Waals surface area contributed by atoms with Gasteiger partial charge in [0.05, 0.1) is 0 Å². The predicted molar refractivity (Wildman–Crippen MR) is 56.6 cm³/mol. The summed E-state index contributed by atoms with van der Waals surface area (Å²) in [6, 6.07) is 3.26. The highest BCUT2D eigenvalue weighted by atomic mass is 19.4. The lowest BCUT2D eigenvalue weighted by Gasteiger charge is -2.23. The van der Waals surface area contributed by atoms with Crippen molar-refractivity contribution in [3.8, 4) is 11.5 Å². The zero-order valence-corrected chi connectivity index (χ0v) is 9.47. The first-order valence-electron chi connectivity index (χ1n) is 5.05. The molecule has 0 unspecified atom stereocenters. The molecule has 0 fully saturated rings. The molecule has 17 heavy (non-hydrogen) atoms. The zero-order chi connectivity index (χ0) is 12.6. The number of rotatable bonds is 2. The van der Waals surface area contributed by atoms with E-state index < -0.39 is 12.7 Å². The maximum absolute atomic E-state index is 12.3. The van der Waals surface area contributed by atoms with E-state index in [2.05, 4.69) is 0 Å². The summed E-state index contributed by atoms with van der Waals surface area (Å²) in [7, 11) is 1.40. The van der Waals surface area contributed by atoms with Gasteiger partial charge in [-0.15, -0.1) is 0 Å². The summed E-state index contributed by atoms with van der Waals surface area (Å²) in [5.41, 5.74) is 1.22. The fraction of sp³-hybridized carbons (Fsp3) is 0.455. The molecular formula is C11H12F3NO2. The maximum atomic E-state index is 12.3. The standard InChI is InChI=1S/C11H12F3NO2/c1-7-3-9-10(17-6-16-9)4-8(7)15(2)5-11(12,13)14/h3-4H,5-6H2,1-2H3. The van der Waals surface area contributed by atoms with E-state index in [0.717, 1.165) is 10.5 Å². The van der Waals surface area contributed by atoms with Crippen LogP contribution in [0.15, 0.2) is 12.1 Å². The molecule has 1 aliphatic rings. The van der Waals surface area contributed by atoms with Crippen LogP contribution < -0.4 is 14.4 Å². The van der Waals surface area contributed by atoms with Crippen molar-refractivity contribution in [2.45, 2.75) is 13.1 Å². The largest absolute Gasteiger partial charge is 0.454 e. The van der Waals surface area contributed by atoms with Gasteiger partial charge < -0.3 is 14.4 Å². The molecule has 0 spiro atoms. The molecule has 0 radical (unpaired) electrons. The molecule has 1 aliphatic heterocycles. The van der Waals surface area contributed by atoms with Crippen LogP contribution in [-0.2, 0) is 0 Å². The molecule has 0 amide bonds. The van der Waals surface area contributed by atoms with Gasteiger partial charge in [0.25, 0.3) is 0 Å². The van der Waals surface area contributed by atoms with Crippen LogP contribution in [0.2, 0.25) is 0 Å². The van der Waals surface area contributed by atoms with E-state index in [1.54, 1.807) is 19.1 Å². The fourth-order valence-electron chi connectivity index (χ4n) is 1.80. The summed E-state index contributed by atoms with van der Waals surface area (Å²) in [4.78, 5) is 1.15. The number of ether oxygens (including phenoxy) is 2. The van der Waals surface area contributed by atoms with Gasteiger partial charge in [0.2, 0.25) is 6.79 Å². The second kappa shape index (κ2) is 4.01. The van der Waals surface area contributed by atoms with Crippen LogP contribution in [0.1, 0.15) is 5.56 Å². The number of fused-ring (bicyclic) bond motifs is 1. The number of nitrogens with zero attached hydrogens (tertiary/aromatic N) is 1. The van der Waals surface area contributed by atoms with Crippen molar-refractivity contribution in [1.29, 1.82) is 0 Å². The molecule has 1 heterocycles. The molecule has 1 aromatic carbocycles. The molecule has 0 aromatic heterocycles. The Morgan fingerprint density at radius 3 is 2.41 bits per heavy atom. The minimum absolute atomic E-state index is 0.112. The van der Waals surface area contributed by atoms with Crippen LogP contribution in [-0.4, -0.2) is 26.6 Å². The summed E-state index contributed by atoms with van der Waals surface area (Å²) in [6.45, 7) is 0.860. The quantitative estimate of drug-likeness (QED) is 0.802. The van der Waals surface area contributed by atoms with Crippen LogP contribution in [0.25, 0.3) is 0 Å². The second-order valence-corrected chi connectivity index (χ2v) is 3.96. The lowest BCUT2D eigenvalue weighted by atomic mass is 10.1. The Hall–Kier alpha value is -1.59. The Bertz CT molecular complexity index is 431. The Labute approximate surface area is 96.7 Å². The number of alkyl halides is 3. The summed E-state index contributed by atoms with van der Waals surface area (Å²) in [5.74, 6) is 1.06. The molecule has 0 saturated heterocycles. The third-order valence-corrected chi connectivity index (χ3v) is 2.52. The fourth-order valence-corrected chi connectivity index (χ4v) is 1.80. The maximum Gasteiger partial charge on any atom is 0.405 e. The third kappa shape index (κ3) is 2.57. The highest BCUT2D eigenvalue weighted by Gasteiger charge is 2.30. The van der Waals surface area contributed by atoms with Gasteiger partial charge in [-0.1, -0.05) is 0 Å². The Morgan fingerprint density at radius 1 is 1.24 bits per heavy atom. The first-order chi connectivity index (χ1) is 7.87. The van der Waals surface area contributed by atoms with Crippen LogP contribution in [0.4, 0.5) is 18.9 Å². The Balaban J connectivity index is 2.26. The highest BCUT2D eigenvalue weighted by molar-refractivity contribution is 5.62. The third-order valence-electron chi connectivity index (χ3n) is 2.52. The van der Waals surface area contributed by atoms with Gasteiger partial charge in [0.1, 0.15) is 6.54 Å². The summed E-state index contributed by atoms with van der Waals surface area (Å²) < 4.78 is 47.2. The molecule has 0 aliphatic carbocycles. The van der Waals surface area contributed by atoms with E-state index >= 15 is 0 Å². The van der Waals surface area contributed by atoms with Crippen LogP contribution in [0.3, 0.4) is 0 Å². The van der Waals surface area contributed by atoms with Gasteiger partial charge in [0.15, 0.2) is 11.5 Å². The van der Waals surface area contributed by atoms with Gasteiger partial charge in [-0.05, 0) is 18.6 Å². The molecule has 0 atom stereocenters. The summed E-state index contributed by atoms with van der Waals surface area (Å²) in [5, 5.41) is 0. The first-order valence-corrected chi connectivity index (χ1v) is 5.05. The number of anilines is 1. The molecular weight excluding hydrogens is 235 g/mol. The van der Waals surface area contributed by atoms with Crippen molar-refractivity contribution in [2.75, 3.05) is 25.3 Å². The van der Waals surface area contributed by atoms with Crippen molar-refractivity contribution >= 4 is 5.69 Å². The number of aryl methyl sites for hydroxylation is 1. The summed E-state index contributed by atoms with van der Waals surface area (Å²) in [6.07, 6.45) is -4.22. The molecule has 0 bridgehead atoms. The van der Waals surface area contributed by atoms with E-state index in [4.69, 9.17) is 9.47 Å². The van der Waals surface area contributed by atoms with Crippen LogP contribution >= 0.6 is 0 Å². The van der Waals surface area contributed by atoms with Gasteiger partial charge >= 0.3 is 6.18 Å². The van der Waals surface area contributed by atoms with Crippen LogP contribution in [0, 0.1) is 6.92 Å². The first kappa shape index (κ1) is 11.9. The SMILES string of the molecule is Cc1cc2c(cc1N(C)CC(F)(F)F)OCO2. The number of halogens is 3. The molecule has 3 nitrogen and oxygen atoms in total. The zero-order valence-electron chi connectivity index (χ0n) is 9.47. The van der Waals surface area contributed by atoms with Gasteiger partial charge in [0, 0.05) is 18.8 Å². The minimum Gasteiger partial charge on any atom is -0.454 e. The normalized spacial score (nSPS) is 13.9. The Morgan fingerprint density at radius 2 is 1.82 bits per heavy atom. The van der Waals surface area contributed by atoms with E-state index in [1.165, 1.54) is 7.05 Å². The van der Waals surface area contributed by atoms with Crippen molar-refractivity contribution in [3.05, 3.63) is 17.7 Å².